The van der Waals surface area contributed by atoms with Gasteiger partial charge in [-0.05, 0) is 24.3 Å². The minimum absolute atomic E-state index is 0.240. The summed E-state index contributed by atoms with van der Waals surface area (Å²) >= 11 is 0. The number of carbonyl (C=O) groups is 1. The van der Waals surface area contributed by atoms with Gasteiger partial charge in [0.2, 0.25) is 5.91 Å². The van der Waals surface area contributed by atoms with E-state index >= 15 is 0 Å². The van der Waals surface area contributed by atoms with Crippen molar-refractivity contribution in [3.05, 3.63) is 54.0 Å². The van der Waals surface area contributed by atoms with Crippen LogP contribution in [0.4, 0.5) is 5.82 Å². The van der Waals surface area contributed by atoms with Crippen molar-refractivity contribution in [3.63, 3.8) is 0 Å². The zero-order chi connectivity index (χ0) is 19.1. The molecule has 6 nitrogen and oxygen atoms in total. The van der Waals surface area contributed by atoms with Crippen LogP contribution in [0.15, 0.2) is 42.7 Å². The molecule has 1 aromatic carbocycles. The first-order valence-corrected chi connectivity index (χ1v) is 9.62. The fourth-order valence-corrected chi connectivity index (χ4v) is 3.44. The summed E-state index contributed by atoms with van der Waals surface area (Å²) in [4.78, 5) is 25.4. The minimum Gasteiger partial charge on any atom is -0.363 e. The molecule has 0 spiro atoms. The zero-order valence-corrected chi connectivity index (χ0v) is 16.3. The van der Waals surface area contributed by atoms with Crippen molar-refractivity contribution >= 4 is 11.7 Å². The number of carbonyl (C=O) groups excluding carboxylic acids is 1. The molecule has 1 fully saturated rings. The highest BCUT2D eigenvalue weighted by Gasteiger charge is 2.22. The lowest BCUT2D eigenvalue weighted by Gasteiger charge is -2.24. The average molecular weight is 367 g/mol. The second-order valence-electron chi connectivity index (χ2n) is 7.36. The number of anilines is 1. The molecular weight excluding hydrogens is 338 g/mol. The smallest absolute Gasteiger partial charge is 0.222 e. The number of aromatic nitrogens is 2. The van der Waals surface area contributed by atoms with Crippen LogP contribution in [0.3, 0.4) is 0 Å². The van der Waals surface area contributed by atoms with Crippen molar-refractivity contribution in [2.75, 3.05) is 45.2 Å². The Kier molecular flexibility index (Phi) is 6.76. The number of hydrogen-bond donors (Lipinski definition) is 1. The van der Waals surface area contributed by atoms with E-state index in [1.165, 1.54) is 5.56 Å². The fourth-order valence-electron chi connectivity index (χ4n) is 3.44. The van der Waals surface area contributed by atoms with Gasteiger partial charge in [-0.15, -0.1) is 0 Å². The predicted molar refractivity (Wildman–Crippen MR) is 108 cm³/mol. The second kappa shape index (κ2) is 9.46. The van der Waals surface area contributed by atoms with E-state index in [-0.39, 0.29) is 5.91 Å². The van der Waals surface area contributed by atoms with Gasteiger partial charge in [-0.2, -0.15) is 0 Å². The minimum atomic E-state index is 0.240. The largest absolute Gasteiger partial charge is 0.363 e. The molecule has 0 radical (unpaired) electrons. The summed E-state index contributed by atoms with van der Waals surface area (Å²) in [5.41, 5.74) is 2.24. The van der Waals surface area contributed by atoms with E-state index in [2.05, 4.69) is 27.4 Å². The maximum absolute atomic E-state index is 12.7. The third-order valence-corrected chi connectivity index (χ3v) is 4.96. The molecule has 1 amide bonds. The Balaban J connectivity index is 1.58. The lowest BCUT2D eigenvalue weighted by molar-refractivity contribution is -0.131. The molecule has 1 atom stereocenters. The molecule has 1 N–H and O–H groups in total. The van der Waals surface area contributed by atoms with E-state index in [1.54, 1.807) is 6.33 Å². The number of aryl methyl sites for hydroxylation is 1. The molecule has 0 saturated carbocycles. The summed E-state index contributed by atoms with van der Waals surface area (Å²) in [6, 6.07) is 12.2. The predicted octanol–water partition coefficient (Wildman–Crippen LogP) is 1.77. The van der Waals surface area contributed by atoms with Gasteiger partial charge in [-0.1, -0.05) is 30.3 Å². The number of nitrogens with one attached hydrogen (secondary N) is 1. The van der Waals surface area contributed by atoms with Crippen LogP contribution in [-0.4, -0.2) is 61.0 Å². The van der Waals surface area contributed by atoms with E-state index < -0.39 is 0 Å². The maximum Gasteiger partial charge on any atom is 0.222 e. The molecule has 1 aliphatic rings. The number of benzene rings is 1. The van der Waals surface area contributed by atoms with E-state index in [1.807, 2.05) is 48.2 Å². The number of rotatable bonds is 6. The molecule has 0 bridgehead atoms. The highest BCUT2D eigenvalue weighted by atomic mass is 16.2. The molecule has 2 aromatic rings. The van der Waals surface area contributed by atoms with Crippen molar-refractivity contribution in [2.45, 2.75) is 19.3 Å². The van der Waals surface area contributed by atoms with Gasteiger partial charge in [0.25, 0.3) is 0 Å². The van der Waals surface area contributed by atoms with Gasteiger partial charge in [0.1, 0.15) is 12.1 Å². The lowest BCUT2D eigenvalue weighted by Crippen LogP contribution is -2.36. The van der Waals surface area contributed by atoms with Gasteiger partial charge < -0.3 is 15.1 Å². The second-order valence-corrected chi connectivity index (χ2v) is 7.36. The molecule has 1 unspecified atom stereocenters. The van der Waals surface area contributed by atoms with Gasteiger partial charge in [0.05, 0.1) is 0 Å². The van der Waals surface area contributed by atoms with Crippen LogP contribution in [0, 0.1) is 5.92 Å². The molecule has 1 aromatic heterocycles. The highest BCUT2D eigenvalue weighted by molar-refractivity contribution is 5.76. The van der Waals surface area contributed by atoms with E-state index in [0.717, 1.165) is 50.5 Å². The van der Waals surface area contributed by atoms with Crippen LogP contribution >= 0.6 is 0 Å². The number of amides is 1. The Labute approximate surface area is 161 Å². The molecule has 27 heavy (non-hydrogen) atoms. The highest BCUT2D eigenvalue weighted by Crippen LogP contribution is 2.15. The Hall–Kier alpha value is -2.47. The first kappa shape index (κ1) is 19.3. The van der Waals surface area contributed by atoms with Crippen molar-refractivity contribution in [3.8, 4) is 0 Å². The molecule has 144 valence electrons. The molecule has 2 heterocycles. The lowest BCUT2D eigenvalue weighted by atomic mass is 10.0. The normalized spacial score (nSPS) is 17.4. The summed E-state index contributed by atoms with van der Waals surface area (Å²) in [5.74, 6) is 1.51. The third kappa shape index (κ3) is 5.76. The molecular formula is C21H29N5O. The van der Waals surface area contributed by atoms with Crippen LogP contribution < -0.4 is 10.2 Å². The molecule has 1 aliphatic heterocycles. The van der Waals surface area contributed by atoms with Crippen LogP contribution in [-0.2, 0) is 17.6 Å². The Bertz CT molecular complexity index is 734. The van der Waals surface area contributed by atoms with Crippen molar-refractivity contribution < 1.29 is 4.79 Å². The summed E-state index contributed by atoms with van der Waals surface area (Å²) < 4.78 is 0. The molecule has 6 heteroatoms. The summed E-state index contributed by atoms with van der Waals surface area (Å²) in [6.07, 6.45) is 3.83. The van der Waals surface area contributed by atoms with Gasteiger partial charge in [-0.3, -0.25) is 4.79 Å². The first-order chi connectivity index (χ1) is 13.1. The molecule has 3 rings (SSSR count). The van der Waals surface area contributed by atoms with Crippen molar-refractivity contribution in [2.24, 2.45) is 5.92 Å². The molecule has 1 saturated heterocycles. The summed E-state index contributed by atoms with van der Waals surface area (Å²) in [7, 11) is 3.96. The molecule has 0 aliphatic carbocycles. The van der Waals surface area contributed by atoms with E-state index in [9.17, 15) is 4.79 Å². The fraction of sp³-hybridized carbons (Fsp3) is 0.476. The Morgan fingerprint density at radius 1 is 1.26 bits per heavy atom. The Morgan fingerprint density at radius 3 is 2.85 bits per heavy atom. The standard InChI is InChI=1S/C21H29N5O/c1-25(2)20-13-19(23-16-24-20)12-18-14-22-10-11-26(15-18)21(27)9-8-17-6-4-3-5-7-17/h3-7,13,16,18,22H,8-12,14-15H2,1-2H3. The van der Waals surface area contributed by atoms with Crippen molar-refractivity contribution in [1.82, 2.24) is 20.2 Å². The average Bonchev–Trinajstić information content (AvgIpc) is 2.93. The number of hydrogen-bond acceptors (Lipinski definition) is 5. The van der Waals surface area contributed by atoms with E-state index in [4.69, 9.17) is 0 Å². The third-order valence-electron chi connectivity index (χ3n) is 4.96. The topological polar surface area (TPSA) is 61.4 Å². The van der Waals surface area contributed by atoms with Gasteiger partial charge >= 0.3 is 0 Å². The monoisotopic (exact) mass is 367 g/mol. The van der Waals surface area contributed by atoms with Crippen LogP contribution in [0.5, 0.6) is 0 Å². The summed E-state index contributed by atoms with van der Waals surface area (Å²) in [5, 5.41) is 3.47. The summed E-state index contributed by atoms with van der Waals surface area (Å²) in [6.45, 7) is 3.31. The number of nitrogens with zero attached hydrogens (tertiary/aromatic N) is 4. The zero-order valence-electron chi connectivity index (χ0n) is 16.3. The van der Waals surface area contributed by atoms with Gasteiger partial charge in [0.15, 0.2) is 0 Å². The van der Waals surface area contributed by atoms with Crippen LogP contribution in [0.25, 0.3) is 0 Å². The van der Waals surface area contributed by atoms with Crippen LogP contribution in [0.1, 0.15) is 17.7 Å². The Morgan fingerprint density at radius 2 is 2.07 bits per heavy atom. The maximum atomic E-state index is 12.7. The quantitative estimate of drug-likeness (QED) is 0.843. The SMILES string of the molecule is CN(C)c1cc(CC2CNCCN(C(=O)CCc3ccccc3)C2)ncn1. The van der Waals surface area contributed by atoms with Crippen LogP contribution in [0.2, 0.25) is 0 Å². The first-order valence-electron chi connectivity index (χ1n) is 9.62. The van der Waals surface area contributed by atoms with Gasteiger partial charge in [0, 0.05) is 58.5 Å². The van der Waals surface area contributed by atoms with Gasteiger partial charge in [-0.25, -0.2) is 9.97 Å². The van der Waals surface area contributed by atoms with Crippen molar-refractivity contribution in [1.29, 1.82) is 0 Å². The van der Waals surface area contributed by atoms with E-state index in [0.29, 0.717) is 12.3 Å².